The van der Waals surface area contributed by atoms with Gasteiger partial charge in [-0.2, -0.15) is 0 Å². The summed E-state index contributed by atoms with van der Waals surface area (Å²) >= 11 is 0. The molecule has 1 saturated heterocycles. The first-order chi connectivity index (χ1) is 10.4. The second kappa shape index (κ2) is 6.83. The maximum Gasteiger partial charge on any atom is 0.242 e. The van der Waals surface area contributed by atoms with Gasteiger partial charge < -0.3 is 14.7 Å². The van der Waals surface area contributed by atoms with Crippen molar-refractivity contribution in [3.8, 4) is 0 Å². The molecule has 5 nitrogen and oxygen atoms in total. The van der Waals surface area contributed by atoms with Gasteiger partial charge in [-0.1, -0.05) is 0 Å². The lowest BCUT2D eigenvalue weighted by molar-refractivity contribution is -0.132. The molecule has 1 fully saturated rings. The lowest BCUT2D eigenvalue weighted by Crippen LogP contribution is -2.50. The van der Waals surface area contributed by atoms with Crippen molar-refractivity contribution in [3.05, 3.63) is 29.8 Å². The number of hydrogen-bond acceptors (Lipinski definition) is 3. The second-order valence-electron chi connectivity index (χ2n) is 5.38. The first kappa shape index (κ1) is 16.4. The Bertz CT molecular complexity index is 572. The van der Waals surface area contributed by atoms with Gasteiger partial charge in [0.05, 0.1) is 5.69 Å². The largest absolute Gasteiger partial charge is 0.339 e. The van der Waals surface area contributed by atoms with Gasteiger partial charge in [0, 0.05) is 39.2 Å². The number of nitrogens with zero attached hydrogens (tertiary/aromatic N) is 3. The van der Waals surface area contributed by atoms with Gasteiger partial charge in [0.1, 0.15) is 18.2 Å². The molecule has 0 atom stereocenters. The smallest absolute Gasteiger partial charge is 0.242 e. The fraction of sp³-hybridized carbons (Fsp3) is 0.467. The summed E-state index contributed by atoms with van der Waals surface area (Å²) in [6.07, 6.45) is 0. The predicted octanol–water partition coefficient (Wildman–Crippen LogP) is 1.09. The Morgan fingerprint density at radius 3 is 2.36 bits per heavy atom. The number of benzene rings is 1. The molecular formula is C15H19F2N3O2. The summed E-state index contributed by atoms with van der Waals surface area (Å²) in [5, 5.41) is 0. The minimum absolute atomic E-state index is 0.0867. The van der Waals surface area contributed by atoms with E-state index in [9.17, 15) is 18.4 Å². The van der Waals surface area contributed by atoms with Crippen LogP contribution in [0.3, 0.4) is 0 Å². The highest BCUT2D eigenvalue weighted by Crippen LogP contribution is 2.20. The number of hydrogen-bond donors (Lipinski definition) is 0. The number of halogens is 2. The Morgan fingerprint density at radius 2 is 1.82 bits per heavy atom. The van der Waals surface area contributed by atoms with E-state index in [-0.39, 0.29) is 18.1 Å². The molecule has 0 aliphatic carbocycles. The Morgan fingerprint density at radius 1 is 1.18 bits per heavy atom. The number of carbonyl (C=O) groups is 2. The summed E-state index contributed by atoms with van der Waals surface area (Å²) in [5.41, 5.74) is -0.0867. The van der Waals surface area contributed by atoms with E-state index in [4.69, 9.17) is 0 Å². The van der Waals surface area contributed by atoms with Crippen molar-refractivity contribution in [2.75, 3.05) is 44.7 Å². The number of rotatable bonds is 3. The van der Waals surface area contributed by atoms with E-state index in [0.29, 0.717) is 19.2 Å². The van der Waals surface area contributed by atoms with Crippen LogP contribution in [-0.2, 0) is 9.59 Å². The Balaban J connectivity index is 2.12. The van der Waals surface area contributed by atoms with Crippen LogP contribution in [0, 0.1) is 11.6 Å². The molecule has 1 aromatic rings. The minimum atomic E-state index is -0.860. The Kier molecular flexibility index (Phi) is 5.07. The molecule has 2 rings (SSSR count). The van der Waals surface area contributed by atoms with E-state index in [1.165, 1.54) is 13.0 Å². The number of likely N-dealkylation sites (N-methyl/N-ethyl adjacent to an activating group) is 1. The standard InChI is InChI=1S/C15H19F2N3O2/c1-11(21)20(14-4-3-12(16)9-13(14)17)10-15(22)19-7-5-18(2)6-8-19/h3-4,9H,5-8,10H2,1-2H3. The molecule has 0 spiro atoms. The summed E-state index contributed by atoms with van der Waals surface area (Å²) in [5.74, 6) is -2.29. The number of amides is 2. The average Bonchev–Trinajstić information content (AvgIpc) is 2.45. The third kappa shape index (κ3) is 3.79. The van der Waals surface area contributed by atoms with Crippen LogP contribution in [-0.4, -0.2) is 61.4 Å². The molecule has 7 heteroatoms. The molecule has 0 N–H and O–H groups in total. The van der Waals surface area contributed by atoms with Crippen molar-refractivity contribution < 1.29 is 18.4 Å². The molecule has 1 aromatic carbocycles. The number of anilines is 1. The Hall–Kier alpha value is -2.02. The normalized spacial score (nSPS) is 15.7. The fourth-order valence-corrected chi connectivity index (χ4v) is 2.36. The van der Waals surface area contributed by atoms with Crippen molar-refractivity contribution in [2.24, 2.45) is 0 Å². The summed E-state index contributed by atoms with van der Waals surface area (Å²) in [7, 11) is 1.97. The zero-order chi connectivity index (χ0) is 16.3. The van der Waals surface area contributed by atoms with Crippen LogP contribution in [0.25, 0.3) is 0 Å². The van der Waals surface area contributed by atoms with E-state index in [2.05, 4.69) is 4.90 Å². The summed E-state index contributed by atoms with van der Waals surface area (Å²) in [6, 6.07) is 2.93. The SMILES string of the molecule is CC(=O)N(CC(=O)N1CCN(C)CC1)c1ccc(F)cc1F. The topological polar surface area (TPSA) is 43.9 Å². The van der Waals surface area contributed by atoms with Crippen molar-refractivity contribution in [1.82, 2.24) is 9.80 Å². The highest BCUT2D eigenvalue weighted by Gasteiger charge is 2.24. The first-order valence-corrected chi connectivity index (χ1v) is 7.08. The van der Waals surface area contributed by atoms with Crippen LogP contribution in [0.4, 0.5) is 14.5 Å². The van der Waals surface area contributed by atoms with Crippen molar-refractivity contribution in [3.63, 3.8) is 0 Å². The van der Waals surface area contributed by atoms with Crippen LogP contribution in [0.15, 0.2) is 18.2 Å². The second-order valence-corrected chi connectivity index (χ2v) is 5.38. The monoisotopic (exact) mass is 311 g/mol. The molecular weight excluding hydrogens is 292 g/mol. The van der Waals surface area contributed by atoms with Gasteiger partial charge in [-0.3, -0.25) is 9.59 Å². The molecule has 0 saturated carbocycles. The highest BCUT2D eigenvalue weighted by molar-refractivity contribution is 5.97. The van der Waals surface area contributed by atoms with E-state index in [1.807, 2.05) is 7.05 Å². The maximum absolute atomic E-state index is 13.8. The summed E-state index contributed by atoms with van der Waals surface area (Å²) in [6.45, 7) is 3.68. The Labute approximate surface area is 128 Å². The van der Waals surface area contributed by atoms with Crippen LogP contribution in [0.1, 0.15) is 6.92 Å². The van der Waals surface area contributed by atoms with E-state index in [0.717, 1.165) is 24.1 Å². The van der Waals surface area contributed by atoms with Crippen molar-refractivity contribution in [1.29, 1.82) is 0 Å². The summed E-state index contributed by atoms with van der Waals surface area (Å²) in [4.78, 5) is 28.8. The molecule has 2 amide bonds. The third-order valence-electron chi connectivity index (χ3n) is 3.73. The molecule has 0 bridgehead atoms. The lowest BCUT2D eigenvalue weighted by atomic mass is 10.2. The van der Waals surface area contributed by atoms with Crippen LogP contribution in [0.5, 0.6) is 0 Å². The van der Waals surface area contributed by atoms with Crippen molar-refractivity contribution >= 4 is 17.5 Å². The molecule has 0 radical (unpaired) electrons. The van der Waals surface area contributed by atoms with Gasteiger partial charge in [-0.05, 0) is 19.2 Å². The van der Waals surface area contributed by atoms with Crippen molar-refractivity contribution in [2.45, 2.75) is 6.92 Å². The quantitative estimate of drug-likeness (QED) is 0.839. The lowest BCUT2D eigenvalue weighted by Gasteiger charge is -2.33. The number of piperazine rings is 1. The minimum Gasteiger partial charge on any atom is -0.339 e. The van der Waals surface area contributed by atoms with E-state index < -0.39 is 17.5 Å². The molecule has 1 heterocycles. The molecule has 22 heavy (non-hydrogen) atoms. The van der Waals surface area contributed by atoms with Gasteiger partial charge in [0.15, 0.2) is 0 Å². The first-order valence-electron chi connectivity index (χ1n) is 7.08. The molecule has 1 aliphatic rings. The summed E-state index contributed by atoms with van der Waals surface area (Å²) < 4.78 is 26.8. The van der Waals surface area contributed by atoms with Crippen LogP contribution < -0.4 is 4.90 Å². The maximum atomic E-state index is 13.8. The molecule has 0 aromatic heterocycles. The van der Waals surface area contributed by atoms with Gasteiger partial charge >= 0.3 is 0 Å². The third-order valence-corrected chi connectivity index (χ3v) is 3.73. The number of carbonyl (C=O) groups excluding carboxylic acids is 2. The molecule has 0 unspecified atom stereocenters. The zero-order valence-electron chi connectivity index (χ0n) is 12.7. The van der Waals surface area contributed by atoms with Gasteiger partial charge in [-0.25, -0.2) is 8.78 Å². The average molecular weight is 311 g/mol. The van der Waals surface area contributed by atoms with Gasteiger partial charge in [0.25, 0.3) is 0 Å². The fourth-order valence-electron chi connectivity index (χ4n) is 2.36. The van der Waals surface area contributed by atoms with E-state index in [1.54, 1.807) is 4.90 Å². The van der Waals surface area contributed by atoms with Crippen LogP contribution in [0.2, 0.25) is 0 Å². The molecule has 1 aliphatic heterocycles. The molecule has 120 valence electrons. The predicted molar refractivity (Wildman–Crippen MR) is 78.5 cm³/mol. The van der Waals surface area contributed by atoms with Gasteiger partial charge in [0.2, 0.25) is 11.8 Å². The van der Waals surface area contributed by atoms with Crippen LogP contribution >= 0.6 is 0 Å². The zero-order valence-corrected chi connectivity index (χ0v) is 12.7. The van der Waals surface area contributed by atoms with Gasteiger partial charge in [-0.15, -0.1) is 0 Å². The highest BCUT2D eigenvalue weighted by atomic mass is 19.1. The van der Waals surface area contributed by atoms with E-state index >= 15 is 0 Å².